The number of rotatable bonds is 7. The average Bonchev–Trinajstić information content (AvgIpc) is 3.10. The van der Waals surface area contributed by atoms with Crippen LogP contribution in [-0.2, 0) is 16.1 Å². The van der Waals surface area contributed by atoms with E-state index in [-0.39, 0.29) is 28.6 Å². The number of carbonyl (C=O) groups is 4. The largest absolute Gasteiger partial charge is 0.452 e. The van der Waals surface area contributed by atoms with Gasteiger partial charge in [0.1, 0.15) is 0 Å². The number of para-hydroxylation sites is 1. The predicted octanol–water partition coefficient (Wildman–Crippen LogP) is 4.39. The molecule has 0 bridgehead atoms. The smallest absolute Gasteiger partial charge is 0.338 e. The van der Waals surface area contributed by atoms with E-state index in [0.29, 0.717) is 12.2 Å². The summed E-state index contributed by atoms with van der Waals surface area (Å²) in [5.41, 5.74) is 2.71. The van der Waals surface area contributed by atoms with Gasteiger partial charge >= 0.3 is 5.97 Å². The van der Waals surface area contributed by atoms with Crippen LogP contribution < -0.4 is 4.90 Å². The highest BCUT2D eigenvalue weighted by Crippen LogP contribution is 2.31. The Balaban J connectivity index is 1.46. The van der Waals surface area contributed by atoms with E-state index in [0.717, 1.165) is 16.0 Å². The van der Waals surface area contributed by atoms with Crippen molar-refractivity contribution in [1.29, 1.82) is 0 Å². The van der Waals surface area contributed by atoms with Crippen LogP contribution in [0.3, 0.4) is 0 Å². The van der Waals surface area contributed by atoms with E-state index in [4.69, 9.17) is 4.74 Å². The number of nitrogens with zero attached hydrogens (tertiary/aromatic N) is 2. The van der Waals surface area contributed by atoms with Crippen molar-refractivity contribution in [3.8, 4) is 0 Å². The molecule has 0 atom stereocenters. The summed E-state index contributed by atoms with van der Waals surface area (Å²) < 4.78 is 5.27. The summed E-state index contributed by atoms with van der Waals surface area (Å²) in [5.74, 6) is -2.00. The van der Waals surface area contributed by atoms with Gasteiger partial charge in [0.2, 0.25) is 0 Å². The fourth-order valence-electron chi connectivity index (χ4n) is 4.03. The van der Waals surface area contributed by atoms with Crippen LogP contribution in [-0.4, -0.2) is 41.2 Å². The predicted molar refractivity (Wildman–Crippen MR) is 131 cm³/mol. The Labute approximate surface area is 203 Å². The standard InChI is InChI=1S/C28H26N2O5/c1-18(2)29(16-20-10-5-4-6-11-20)25(31)17-35-28(34)21-13-14-22-23(15-21)27(33)30(26(22)32)24-12-8-7-9-19(24)3/h4-15,18H,16-17H2,1-3H3. The zero-order valence-corrected chi connectivity index (χ0v) is 19.9. The molecule has 1 heterocycles. The van der Waals surface area contributed by atoms with E-state index in [2.05, 4.69) is 0 Å². The molecule has 0 aromatic heterocycles. The molecular weight excluding hydrogens is 444 g/mol. The molecule has 0 aliphatic carbocycles. The lowest BCUT2D eigenvalue weighted by Crippen LogP contribution is -2.39. The van der Waals surface area contributed by atoms with Gasteiger partial charge in [0.05, 0.1) is 22.4 Å². The molecule has 0 saturated heterocycles. The summed E-state index contributed by atoms with van der Waals surface area (Å²) in [7, 11) is 0. The van der Waals surface area contributed by atoms with Gasteiger partial charge in [-0.05, 0) is 56.2 Å². The number of aryl methyl sites for hydroxylation is 1. The van der Waals surface area contributed by atoms with Crippen LogP contribution >= 0.6 is 0 Å². The Kier molecular flexibility index (Phi) is 6.78. The molecule has 3 amide bonds. The maximum Gasteiger partial charge on any atom is 0.338 e. The van der Waals surface area contributed by atoms with Crippen LogP contribution in [0.1, 0.15) is 56.0 Å². The van der Waals surface area contributed by atoms with Crippen molar-refractivity contribution in [2.45, 2.75) is 33.4 Å². The fraction of sp³-hybridized carbons (Fsp3) is 0.214. The Morgan fingerprint density at radius 3 is 2.23 bits per heavy atom. The van der Waals surface area contributed by atoms with Crippen LogP contribution in [0.5, 0.6) is 0 Å². The summed E-state index contributed by atoms with van der Waals surface area (Å²) >= 11 is 0. The number of hydrogen-bond donors (Lipinski definition) is 0. The van der Waals surface area contributed by atoms with Crippen molar-refractivity contribution in [2.24, 2.45) is 0 Å². The van der Waals surface area contributed by atoms with Gasteiger partial charge in [0, 0.05) is 12.6 Å². The summed E-state index contributed by atoms with van der Waals surface area (Å²) in [6.45, 7) is 5.58. The topological polar surface area (TPSA) is 84.0 Å². The number of amides is 3. The summed E-state index contributed by atoms with van der Waals surface area (Å²) in [6, 6.07) is 20.8. The summed E-state index contributed by atoms with van der Waals surface area (Å²) in [6.07, 6.45) is 0. The van der Waals surface area contributed by atoms with E-state index < -0.39 is 24.4 Å². The molecule has 0 radical (unpaired) electrons. The van der Waals surface area contributed by atoms with E-state index in [9.17, 15) is 19.2 Å². The second-order valence-corrected chi connectivity index (χ2v) is 8.67. The van der Waals surface area contributed by atoms with E-state index in [1.807, 2.05) is 63.2 Å². The molecule has 0 N–H and O–H groups in total. The van der Waals surface area contributed by atoms with Crippen molar-refractivity contribution in [2.75, 3.05) is 11.5 Å². The van der Waals surface area contributed by atoms with Crippen molar-refractivity contribution >= 4 is 29.4 Å². The summed E-state index contributed by atoms with van der Waals surface area (Å²) in [4.78, 5) is 54.1. The number of carbonyl (C=O) groups excluding carboxylic acids is 4. The van der Waals surface area contributed by atoms with Gasteiger partial charge in [0.15, 0.2) is 6.61 Å². The minimum Gasteiger partial charge on any atom is -0.452 e. The molecule has 0 fully saturated rings. The lowest BCUT2D eigenvalue weighted by atomic mass is 10.1. The van der Waals surface area contributed by atoms with Gasteiger partial charge < -0.3 is 9.64 Å². The third-order valence-electron chi connectivity index (χ3n) is 5.94. The Morgan fingerprint density at radius 2 is 1.54 bits per heavy atom. The van der Waals surface area contributed by atoms with Crippen molar-refractivity contribution in [3.05, 3.63) is 101 Å². The minimum absolute atomic E-state index is 0.0857. The number of esters is 1. The highest BCUT2D eigenvalue weighted by molar-refractivity contribution is 6.34. The number of anilines is 1. The van der Waals surface area contributed by atoms with Crippen LogP contribution in [0.4, 0.5) is 5.69 Å². The Morgan fingerprint density at radius 1 is 0.886 bits per heavy atom. The number of ether oxygens (including phenoxy) is 1. The lowest BCUT2D eigenvalue weighted by molar-refractivity contribution is -0.136. The van der Waals surface area contributed by atoms with Crippen LogP contribution in [0, 0.1) is 6.92 Å². The number of fused-ring (bicyclic) bond motifs is 1. The molecule has 7 heteroatoms. The first-order chi connectivity index (χ1) is 16.8. The third kappa shape index (κ3) is 4.84. The Bertz CT molecular complexity index is 1300. The fourth-order valence-corrected chi connectivity index (χ4v) is 4.03. The van der Waals surface area contributed by atoms with Crippen molar-refractivity contribution in [1.82, 2.24) is 4.90 Å². The van der Waals surface area contributed by atoms with Crippen LogP contribution in [0.2, 0.25) is 0 Å². The average molecular weight is 471 g/mol. The molecule has 35 heavy (non-hydrogen) atoms. The molecular formula is C28H26N2O5. The Hall–Kier alpha value is -4.26. The molecule has 3 aromatic rings. The first-order valence-electron chi connectivity index (χ1n) is 11.4. The van der Waals surface area contributed by atoms with Gasteiger partial charge in [-0.1, -0.05) is 48.5 Å². The molecule has 1 aliphatic rings. The first kappa shape index (κ1) is 23.9. The monoisotopic (exact) mass is 470 g/mol. The van der Waals surface area contributed by atoms with Gasteiger partial charge in [-0.3, -0.25) is 14.4 Å². The molecule has 4 rings (SSSR count). The molecule has 1 aliphatic heterocycles. The lowest BCUT2D eigenvalue weighted by Gasteiger charge is -2.26. The molecule has 3 aromatic carbocycles. The van der Waals surface area contributed by atoms with E-state index in [1.54, 1.807) is 17.0 Å². The molecule has 7 nitrogen and oxygen atoms in total. The van der Waals surface area contributed by atoms with Crippen LogP contribution in [0.25, 0.3) is 0 Å². The van der Waals surface area contributed by atoms with Gasteiger partial charge in [0.25, 0.3) is 17.7 Å². The number of benzene rings is 3. The maximum atomic E-state index is 13.0. The second-order valence-electron chi connectivity index (χ2n) is 8.67. The molecule has 0 unspecified atom stereocenters. The highest BCUT2D eigenvalue weighted by atomic mass is 16.5. The summed E-state index contributed by atoms with van der Waals surface area (Å²) in [5, 5.41) is 0. The normalized spacial score (nSPS) is 12.6. The van der Waals surface area contributed by atoms with Crippen molar-refractivity contribution < 1.29 is 23.9 Å². The minimum atomic E-state index is -0.737. The quantitative estimate of drug-likeness (QED) is 0.378. The molecule has 178 valence electrons. The van der Waals surface area contributed by atoms with Crippen molar-refractivity contribution in [3.63, 3.8) is 0 Å². The highest BCUT2D eigenvalue weighted by Gasteiger charge is 2.37. The molecule has 0 saturated carbocycles. The number of imide groups is 1. The van der Waals surface area contributed by atoms with E-state index in [1.165, 1.54) is 18.2 Å². The van der Waals surface area contributed by atoms with Gasteiger partial charge in [-0.25, -0.2) is 9.69 Å². The van der Waals surface area contributed by atoms with E-state index >= 15 is 0 Å². The maximum absolute atomic E-state index is 13.0. The number of hydrogen-bond acceptors (Lipinski definition) is 5. The second kappa shape index (κ2) is 9.93. The molecule has 0 spiro atoms. The zero-order valence-electron chi connectivity index (χ0n) is 19.9. The zero-order chi connectivity index (χ0) is 25.1. The SMILES string of the molecule is Cc1ccccc1N1C(=O)c2ccc(C(=O)OCC(=O)N(Cc3ccccc3)C(C)C)cc2C1=O. The van der Waals surface area contributed by atoms with Crippen LogP contribution in [0.15, 0.2) is 72.8 Å². The third-order valence-corrected chi connectivity index (χ3v) is 5.94. The van der Waals surface area contributed by atoms with Gasteiger partial charge in [-0.2, -0.15) is 0 Å². The first-order valence-corrected chi connectivity index (χ1v) is 11.4. The van der Waals surface area contributed by atoms with Gasteiger partial charge in [-0.15, -0.1) is 0 Å².